The molecule has 4 rings (SSSR count). The first kappa shape index (κ1) is 18.2. The molecule has 0 saturated carbocycles. The number of fused-ring (bicyclic) bond motifs is 1. The molecule has 1 saturated heterocycles. The molecule has 1 atom stereocenters. The van der Waals surface area contributed by atoms with E-state index in [9.17, 15) is 9.59 Å². The van der Waals surface area contributed by atoms with Gasteiger partial charge in [0.2, 0.25) is 5.88 Å². The molecule has 0 spiro atoms. The predicted octanol–water partition coefficient (Wildman–Crippen LogP) is 0.972. The molecule has 9 heteroatoms. The molecule has 2 aliphatic rings. The number of hydrogen-bond donors (Lipinski definition) is 2. The Kier molecular flexibility index (Phi) is 4.82. The molecule has 1 aromatic carbocycles. The standard InChI is InChI=1S/C19H21N5O4/c20-17-16-18(22-11-21-17)28-8-7-24(19(16)27)14-3-1-12(2-4-14)13-5-6-23(9-13)10-15(25)26/h1-4,11,13H,5-10H2,(H,25,26)(H2,20,21,22). The lowest BCUT2D eigenvalue weighted by Gasteiger charge is -2.21. The zero-order chi connectivity index (χ0) is 19.7. The summed E-state index contributed by atoms with van der Waals surface area (Å²) in [4.78, 5) is 35.3. The monoisotopic (exact) mass is 383 g/mol. The molecule has 0 aliphatic carbocycles. The number of ether oxygens (including phenoxy) is 1. The highest BCUT2D eigenvalue weighted by Crippen LogP contribution is 2.31. The average molecular weight is 383 g/mol. The van der Waals surface area contributed by atoms with Crippen LogP contribution in [0.1, 0.15) is 28.3 Å². The van der Waals surface area contributed by atoms with Crippen LogP contribution in [-0.4, -0.2) is 64.6 Å². The Hall–Kier alpha value is -3.20. The number of likely N-dealkylation sites (tertiary alicyclic amines) is 1. The Morgan fingerprint density at radius 1 is 1.25 bits per heavy atom. The number of carboxylic acid groups (broad SMARTS) is 1. The van der Waals surface area contributed by atoms with Crippen LogP contribution in [0.15, 0.2) is 30.6 Å². The van der Waals surface area contributed by atoms with Crippen LogP contribution in [-0.2, 0) is 4.79 Å². The van der Waals surface area contributed by atoms with Crippen molar-refractivity contribution in [2.45, 2.75) is 12.3 Å². The fourth-order valence-corrected chi connectivity index (χ4v) is 3.78. The minimum absolute atomic E-state index is 0.0692. The molecule has 9 nitrogen and oxygen atoms in total. The quantitative estimate of drug-likeness (QED) is 0.801. The van der Waals surface area contributed by atoms with Gasteiger partial charge in [0.25, 0.3) is 5.91 Å². The van der Waals surface area contributed by atoms with E-state index in [1.807, 2.05) is 29.2 Å². The minimum atomic E-state index is -0.804. The van der Waals surface area contributed by atoms with Gasteiger partial charge in [-0.05, 0) is 36.6 Å². The molecule has 0 bridgehead atoms. The van der Waals surface area contributed by atoms with Crippen molar-refractivity contribution < 1.29 is 19.4 Å². The van der Waals surface area contributed by atoms with Crippen LogP contribution in [0.4, 0.5) is 11.5 Å². The number of anilines is 2. The van der Waals surface area contributed by atoms with Gasteiger partial charge in [0.15, 0.2) is 0 Å². The van der Waals surface area contributed by atoms with E-state index in [-0.39, 0.29) is 29.7 Å². The first-order valence-corrected chi connectivity index (χ1v) is 9.12. The number of nitrogens with two attached hydrogens (primary N) is 1. The number of carboxylic acids is 1. The highest BCUT2D eigenvalue weighted by Gasteiger charge is 2.29. The second kappa shape index (κ2) is 7.43. The number of hydrogen-bond acceptors (Lipinski definition) is 7. The molecular weight excluding hydrogens is 362 g/mol. The summed E-state index contributed by atoms with van der Waals surface area (Å²) in [5.74, 6) is -0.487. The van der Waals surface area contributed by atoms with Crippen LogP contribution in [0, 0.1) is 0 Å². The van der Waals surface area contributed by atoms with Crippen molar-refractivity contribution >= 4 is 23.4 Å². The third-order valence-corrected chi connectivity index (χ3v) is 5.16. The number of nitrogens with zero attached hydrogens (tertiary/aromatic N) is 4. The van der Waals surface area contributed by atoms with E-state index in [0.717, 1.165) is 30.8 Å². The molecule has 1 amide bonds. The lowest BCUT2D eigenvalue weighted by Crippen LogP contribution is -2.32. The normalized spacial score (nSPS) is 19.8. The largest absolute Gasteiger partial charge is 0.480 e. The lowest BCUT2D eigenvalue weighted by molar-refractivity contribution is -0.138. The number of nitrogen functional groups attached to an aromatic ring is 1. The van der Waals surface area contributed by atoms with E-state index < -0.39 is 5.97 Å². The number of rotatable bonds is 4. The number of amides is 1. The number of carbonyl (C=O) groups is 2. The third kappa shape index (κ3) is 3.48. The Balaban J connectivity index is 1.52. The van der Waals surface area contributed by atoms with Crippen molar-refractivity contribution in [3.63, 3.8) is 0 Å². The summed E-state index contributed by atoms with van der Waals surface area (Å²) < 4.78 is 5.55. The molecule has 3 N–H and O–H groups in total. The Morgan fingerprint density at radius 2 is 2.04 bits per heavy atom. The molecule has 2 aliphatic heterocycles. The number of aromatic nitrogens is 2. The Labute approximate surface area is 161 Å². The summed E-state index contributed by atoms with van der Waals surface area (Å²) in [5, 5.41) is 8.94. The van der Waals surface area contributed by atoms with Gasteiger partial charge in [-0.1, -0.05) is 12.1 Å². The lowest BCUT2D eigenvalue weighted by atomic mass is 9.98. The molecule has 0 radical (unpaired) electrons. The average Bonchev–Trinajstić information content (AvgIpc) is 3.05. The zero-order valence-corrected chi connectivity index (χ0v) is 15.2. The smallest absolute Gasteiger partial charge is 0.317 e. The van der Waals surface area contributed by atoms with Gasteiger partial charge in [-0.15, -0.1) is 0 Å². The molecule has 28 heavy (non-hydrogen) atoms. The maximum atomic E-state index is 13.0. The highest BCUT2D eigenvalue weighted by atomic mass is 16.5. The first-order chi connectivity index (χ1) is 13.5. The fourth-order valence-electron chi connectivity index (χ4n) is 3.78. The summed E-state index contributed by atoms with van der Waals surface area (Å²) in [6, 6.07) is 7.79. The van der Waals surface area contributed by atoms with Crippen molar-refractivity contribution in [1.82, 2.24) is 14.9 Å². The summed E-state index contributed by atoms with van der Waals surface area (Å²) >= 11 is 0. The van der Waals surface area contributed by atoms with Gasteiger partial charge in [0, 0.05) is 12.2 Å². The van der Waals surface area contributed by atoms with Gasteiger partial charge < -0.3 is 20.5 Å². The van der Waals surface area contributed by atoms with Crippen molar-refractivity contribution in [2.24, 2.45) is 0 Å². The van der Waals surface area contributed by atoms with Crippen molar-refractivity contribution in [2.75, 3.05) is 43.4 Å². The first-order valence-electron chi connectivity index (χ1n) is 9.12. The molecule has 1 unspecified atom stereocenters. The number of carbonyl (C=O) groups excluding carboxylic acids is 1. The van der Waals surface area contributed by atoms with E-state index >= 15 is 0 Å². The number of aliphatic carboxylic acids is 1. The summed E-state index contributed by atoms with van der Waals surface area (Å²) in [5.41, 5.74) is 7.94. The van der Waals surface area contributed by atoms with Gasteiger partial charge in [-0.25, -0.2) is 9.97 Å². The van der Waals surface area contributed by atoms with Gasteiger partial charge in [0.05, 0.1) is 13.1 Å². The maximum absolute atomic E-state index is 13.0. The SMILES string of the molecule is Nc1ncnc2c1C(=O)N(c1ccc(C3CCN(CC(=O)O)C3)cc1)CCO2. The van der Waals surface area contributed by atoms with Crippen LogP contribution >= 0.6 is 0 Å². The van der Waals surface area contributed by atoms with Crippen LogP contribution in [0.5, 0.6) is 5.88 Å². The summed E-state index contributed by atoms with van der Waals surface area (Å²) in [7, 11) is 0. The second-order valence-electron chi connectivity index (χ2n) is 6.95. The molecule has 1 fully saturated rings. The van der Waals surface area contributed by atoms with E-state index in [4.69, 9.17) is 15.6 Å². The molecule has 146 valence electrons. The zero-order valence-electron chi connectivity index (χ0n) is 15.2. The highest BCUT2D eigenvalue weighted by molar-refractivity contribution is 6.10. The van der Waals surface area contributed by atoms with Gasteiger partial charge >= 0.3 is 5.97 Å². The van der Waals surface area contributed by atoms with Gasteiger partial charge in [-0.2, -0.15) is 0 Å². The Morgan fingerprint density at radius 3 is 2.79 bits per heavy atom. The molecule has 1 aromatic heterocycles. The summed E-state index contributed by atoms with van der Waals surface area (Å²) in [6.07, 6.45) is 2.20. The van der Waals surface area contributed by atoms with E-state index in [1.54, 1.807) is 4.90 Å². The Bertz CT molecular complexity index is 902. The van der Waals surface area contributed by atoms with E-state index in [2.05, 4.69) is 9.97 Å². The maximum Gasteiger partial charge on any atom is 0.317 e. The number of benzene rings is 1. The fraction of sp³-hybridized carbons (Fsp3) is 0.368. The molecule has 2 aromatic rings. The predicted molar refractivity (Wildman–Crippen MR) is 101 cm³/mol. The van der Waals surface area contributed by atoms with E-state index in [1.165, 1.54) is 6.33 Å². The summed E-state index contributed by atoms with van der Waals surface area (Å²) in [6.45, 7) is 2.26. The van der Waals surface area contributed by atoms with Crippen LogP contribution in [0.25, 0.3) is 0 Å². The third-order valence-electron chi connectivity index (χ3n) is 5.16. The van der Waals surface area contributed by atoms with E-state index in [0.29, 0.717) is 19.1 Å². The minimum Gasteiger partial charge on any atom is -0.480 e. The van der Waals surface area contributed by atoms with Crippen LogP contribution < -0.4 is 15.4 Å². The van der Waals surface area contributed by atoms with Crippen molar-refractivity contribution in [1.29, 1.82) is 0 Å². The molecule has 3 heterocycles. The topological polar surface area (TPSA) is 122 Å². The van der Waals surface area contributed by atoms with Gasteiger partial charge in [0.1, 0.15) is 24.3 Å². The molecular formula is C19H21N5O4. The van der Waals surface area contributed by atoms with Crippen LogP contribution in [0.3, 0.4) is 0 Å². The van der Waals surface area contributed by atoms with Gasteiger partial charge in [-0.3, -0.25) is 14.5 Å². The van der Waals surface area contributed by atoms with Crippen molar-refractivity contribution in [3.05, 3.63) is 41.7 Å². The second-order valence-corrected chi connectivity index (χ2v) is 6.95. The van der Waals surface area contributed by atoms with Crippen LogP contribution in [0.2, 0.25) is 0 Å². The van der Waals surface area contributed by atoms with Crippen molar-refractivity contribution in [3.8, 4) is 5.88 Å².